The Morgan fingerprint density at radius 1 is 1.16 bits per heavy atom. The van der Waals surface area contributed by atoms with Gasteiger partial charge in [0.1, 0.15) is 11.5 Å². The zero-order valence-electron chi connectivity index (χ0n) is 14.5. The van der Waals surface area contributed by atoms with Crippen LogP contribution in [0.1, 0.15) is 37.6 Å². The van der Waals surface area contributed by atoms with E-state index in [1.165, 1.54) is 19.1 Å². The smallest absolute Gasteiger partial charge is 0.273 e. The number of rotatable bonds is 5. The summed E-state index contributed by atoms with van der Waals surface area (Å²) in [5.74, 6) is -1.36. The molecule has 0 aliphatic carbocycles. The number of anilines is 1. The second-order valence-electron chi connectivity index (χ2n) is 6.00. The number of methoxy groups -OCH3 is 1. The molecule has 2 aromatic rings. The van der Waals surface area contributed by atoms with Gasteiger partial charge in [0.15, 0.2) is 0 Å². The van der Waals surface area contributed by atoms with Crippen LogP contribution in [-0.2, 0) is 10.7 Å². The zero-order valence-corrected chi connectivity index (χ0v) is 14.5. The third-order valence-corrected chi connectivity index (χ3v) is 4.28. The molecule has 3 rings (SSSR count). The SMILES string of the molecule is CCC(F)(F)c1cccc(N2C=C(C)OC2c2ccc(OC)cc2)c1. The van der Waals surface area contributed by atoms with Gasteiger partial charge < -0.3 is 14.4 Å². The number of ether oxygens (including phenoxy) is 2. The van der Waals surface area contributed by atoms with E-state index in [0.717, 1.165) is 17.1 Å². The van der Waals surface area contributed by atoms with Gasteiger partial charge in [-0.15, -0.1) is 0 Å². The first kappa shape index (κ1) is 17.3. The fourth-order valence-corrected chi connectivity index (χ4v) is 2.83. The van der Waals surface area contributed by atoms with Gasteiger partial charge in [-0.2, -0.15) is 0 Å². The molecule has 5 heteroatoms. The van der Waals surface area contributed by atoms with Gasteiger partial charge in [0, 0.05) is 29.4 Å². The Balaban J connectivity index is 1.95. The molecule has 2 aromatic carbocycles. The summed E-state index contributed by atoms with van der Waals surface area (Å²) in [5, 5.41) is 0. The Morgan fingerprint density at radius 3 is 2.52 bits per heavy atom. The number of hydrogen-bond donors (Lipinski definition) is 0. The number of allylic oxidation sites excluding steroid dienone is 1. The first-order valence-electron chi connectivity index (χ1n) is 8.20. The lowest BCUT2D eigenvalue weighted by molar-refractivity contribution is -0.00827. The average molecular weight is 345 g/mol. The molecular weight excluding hydrogens is 324 g/mol. The largest absolute Gasteiger partial charge is 0.497 e. The normalized spacial score (nSPS) is 17.2. The summed E-state index contributed by atoms with van der Waals surface area (Å²) in [4.78, 5) is 1.87. The van der Waals surface area contributed by atoms with Crippen LogP contribution in [0.3, 0.4) is 0 Å². The lowest BCUT2D eigenvalue weighted by atomic mass is 10.0. The maximum atomic E-state index is 14.1. The van der Waals surface area contributed by atoms with Gasteiger partial charge in [0.05, 0.1) is 7.11 Å². The first-order valence-corrected chi connectivity index (χ1v) is 8.20. The topological polar surface area (TPSA) is 21.7 Å². The summed E-state index contributed by atoms with van der Waals surface area (Å²) < 4.78 is 39.2. The van der Waals surface area contributed by atoms with Crippen molar-refractivity contribution in [2.75, 3.05) is 12.0 Å². The van der Waals surface area contributed by atoms with Crippen LogP contribution in [0, 0.1) is 0 Å². The van der Waals surface area contributed by atoms with E-state index in [1.54, 1.807) is 13.2 Å². The standard InChI is InChI=1S/C20H21F2NO2/c1-4-20(21,22)16-6-5-7-17(12-16)23-13-14(2)25-19(23)15-8-10-18(24-3)11-9-15/h5-13,19H,4H2,1-3H3. The summed E-state index contributed by atoms with van der Waals surface area (Å²) in [6.45, 7) is 3.33. The van der Waals surface area contributed by atoms with Gasteiger partial charge in [-0.1, -0.05) is 19.1 Å². The van der Waals surface area contributed by atoms with E-state index in [0.29, 0.717) is 5.69 Å². The molecule has 1 aliphatic rings. The van der Waals surface area contributed by atoms with E-state index in [2.05, 4.69) is 0 Å². The van der Waals surface area contributed by atoms with Crippen LogP contribution in [0.25, 0.3) is 0 Å². The van der Waals surface area contributed by atoms with Crippen LogP contribution in [0.2, 0.25) is 0 Å². The van der Waals surface area contributed by atoms with Crippen molar-refractivity contribution in [1.82, 2.24) is 0 Å². The Labute approximate surface area is 146 Å². The van der Waals surface area contributed by atoms with Crippen LogP contribution < -0.4 is 9.64 Å². The maximum absolute atomic E-state index is 14.1. The summed E-state index contributed by atoms with van der Waals surface area (Å²) in [6, 6.07) is 14.0. The van der Waals surface area contributed by atoms with E-state index in [-0.39, 0.29) is 12.0 Å². The molecule has 0 saturated heterocycles. The Bertz CT molecular complexity index is 772. The predicted octanol–water partition coefficient (Wildman–Crippen LogP) is 5.59. The van der Waals surface area contributed by atoms with Crippen molar-refractivity contribution in [2.45, 2.75) is 32.4 Å². The second kappa shape index (κ2) is 6.75. The molecule has 3 nitrogen and oxygen atoms in total. The van der Waals surface area contributed by atoms with Crippen molar-refractivity contribution in [3.8, 4) is 5.75 Å². The van der Waals surface area contributed by atoms with E-state index < -0.39 is 12.2 Å². The van der Waals surface area contributed by atoms with Crippen LogP contribution in [0.5, 0.6) is 5.75 Å². The average Bonchev–Trinajstić information content (AvgIpc) is 3.03. The monoisotopic (exact) mass is 345 g/mol. The number of halogens is 2. The number of hydrogen-bond acceptors (Lipinski definition) is 3. The molecule has 1 unspecified atom stereocenters. The van der Waals surface area contributed by atoms with Crippen molar-refractivity contribution < 1.29 is 18.3 Å². The Kier molecular flexibility index (Phi) is 4.66. The molecule has 0 saturated carbocycles. The quantitative estimate of drug-likeness (QED) is 0.705. The minimum Gasteiger partial charge on any atom is -0.497 e. The highest BCUT2D eigenvalue weighted by molar-refractivity contribution is 5.55. The van der Waals surface area contributed by atoms with E-state index in [4.69, 9.17) is 9.47 Å². The third kappa shape index (κ3) is 3.45. The molecule has 1 heterocycles. The number of nitrogens with zero attached hydrogens (tertiary/aromatic N) is 1. The highest BCUT2D eigenvalue weighted by atomic mass is 19.3. The Morgan fingerprint density at radius 2 is 1.88 bits per heavy atom. The molecule has 0 aromatic heterocycles. The molecule has 0 N–H and O–H groups in total. The van der Waals surface area contributed by atoms with E-state index >= 15 is 0 Å². The maximum Gasteiger partial charge on any atom is 0.273 e. The van der Waals surface area contributed by atoms with Crippen LogP contribution in [0.4, 0.5) is 14.5 Å². The van der Waals surface area contributed by atoms with Gasteiger partial charge >= 0.3 is 0 Å². The lowest BCUT2D eigenvalue weighted by Gasteiger charge is -2.26. The van der Waals surface area contributed by atoms with E-state index in [1.807, 2.05) is 48.4 Å². The summed E-state index contributed by atoms with van der Waals surface area (Å²) in [6.07, 6.45) is 1.21. The molecule has 1 atom stereocenters. The molecule has 25 heavy (non-hydrogen) atoms. The first-order chi connectivity index (χ1) is 11.9. The predicted molar refractivity (Wildman–Crippen MR) is 93.7 cm³/mol. The third-order valence-electron chi connectivity index (χ3n) is 4.28. The van der Waals surface area contributed by atoms with Gasteiger partial charge in [0.25, 0.3) is 5.92 Å². The highest BCUT2D eigenvalue weighted by Gasteiger charge is 2.31. The molecule has 0 amide bonds. The van der Waals surface area contributed by atoms with Crippen molar-refractivity contribution in [3.63, 3.8) is 0 Å². The van der Waals surface area contributed by atoms with Gasteiger partial charge in [-0.25, -0.2) is 8.78 Å². The van der Waals surface area contributed by atoms with Crippen molar-refractivity contribution in [3.05, 3.63) is 71.6 Å². The summed E-state index contributed by atoms with van der Waals surface area (Å²) in [5.41, 5.74) is 1.60. The summed E-state index contributed by atoms with van der Waals surface area (Å²) in [7, 11) is 1.61. The lowest BCUT2D eigenvalue weighted by Crippen LogP contribution is -2.21. The van der Waals surface area contributed by atoms with Crippen molar-refractivity contribution in [1.29, 1.82) is 0 Å². The fraction of sp³-hybridized carbons (Fsp3) is 0.300. The van der Waals surface area contributed by atoms with Crippen molar-refractivity contribution in [2.24, 2.45) is 0 Å². The molecule has 0 spiro atoms. The summed E-state index contributed by atoms with van der Waals surface area (Å²) >= 11 is 0. The fourth-order valence-electron chi connectivity index (χ4n) is 2.83. The van der Waals surface area contributed by atoms with Gasteiger partial charge in [0.2, 0.25) is 6.23 Å². The minimum atomic E-state index is -2.84. The zero-order chi connectivity index (χ0) is 18.0. The van der Waals surface area contributed by atoms with Crippen LogP contribution in [0.15, 0.2) is 60.5 Å². The number of benzene rings is 2. The van der Waals surface area contributed by atoms with E-state index in [9.17, 15) is 8.78 Å². The molecule has 1 aliphatic heterocycles. The van der Waals surface area contributed by atoms with Crippen LogP contribution >= 0.6 is 0 Å². The molecule has 0 radical (unpaired) electrons. The van der Waals surface area contributed by atoms with Crippen molar-refractivity contribution >= 4 is 5.69 Å². The van der Waals surface area contributed by atoms with Gasteiger partial charge in [-0.3, -0.25) is 0 Å². The minimum absolute atomic E-state index is 0.0129. The molecule has 0 bridgehead atoms. The highest BCUT2D eigenvalue weighted by Crippen LogP contribution is 2.39. The van der Waals surface area contributed by atoms with Crippen LogP contribution in [-0.4, -0.2) is 7.11 Å². The second-order valence-corrected chi connectivity index (χ2v) is 6.00. The van der Waals surface area contributed by atoms with Gasteiger partial charge in [-0.05, 0) is 43.3 Å². The Hall–Kier alpha value is -2.56. The molecule has 132 valence electrons. The number of alkyl halides is 2. The molecular formula is C20H21F2NO2. The molecule has 0 fully saturated rings.